The van der Waals surface area contributed by atoms with E-state index in [1.165, 1.54) is 4.90 Å². The molecule has 11 heteroatoms. The van der Waals surface area contributed by atoms with Crippen LogP contribution in [-0.2, 0) is 35.0 Å². The van der Waals surface area contributed by atoms with Crippen LogP contribution in [-0.4, -0.2) is 71.2 Å². The van der Waals surface area contributed by atoms with Crippen LogP contribution in [0.2, 0.25) is 0 Å². The molecule has 2 spiro atoms. The van der Waals surface area contributed by atoms with E-state index >= 15 is 0 Å². The Morgan fingerprint density at radius 3 is 2.52 bits per heavy atom. The van der Waals surface area contributed by atoms with Crippen LogP contribution in [0.5, 0.6) is 11.5 Å². The topological polar surface area (TPSA) is 138 Å². The first-order chi connectivity index (χ1) is 19.9. The summed E-state index contributed by atoms with van der Waals surface area (Å²) < 4.78 is 28.5. The van der Waals surface area contributed by atoms with Crippen molar-refractivity contribution in [2.24, 2.45) is 16.2 Å². The zero-order valence-corrected chi connectivity index (χ0v) is 23.5. The first kappa shape index (κ1) is 26.8. The van der Waals surface area contributed by atoms with Crippen LogP contribution in [0.1, 0.15) is 49.5 Å². The molecule has 7 rings (SSSR count). The Balaban J connectivity index is 1.35. The summed E-state index contributed by atoms with van der Waals surface area (Å²) in [6.07, 6.45) is -4.15. The first-order valence-electron chi connectivity index (χ1n) is 14.0. The van der Waals surface area contributed by atoms with E-state index in [-0.39, 0.29) is 25.3 Å². The monoisotopic (exact) mass is 577 g/mol. The molecule has 2 aromatic carbocycles. The number of nitrogens with zero attached hydrogens (tertiary/aromatic N) is 1. The molecule has 6 atom stereocenters. The standard InChI is InChI=1S/C31H31NO10/c1-28(2,3)30(37)14-21-29(15-22(33)40-21)27(36)42-26-31(29,30)23(41-25(35)18-7-5-4-6-8-18)24(34)32(26)12-11-17-9-10-19-20(13-17)39-16-38-19/h4-10,13,21,23,26,37H,11-12,14-16H2,1-3H3/t21-,23-,26-,29-,30+,31+/m0/s1. The van der Waals surface area contributed by atoms with Gasteiger partial charge in [0.25, 0.3) is 5.91 Å². The Bertz CT molecular complexity index is 1520. The molecule has 0 aromatic heterocycles. The number of rotatable bonds is 5. The smallest absolute Gasteiger partial charge is 0.338 e. The van der Waals surface area contributed by atoms with Gasteiger partial charge in [0.05, 0.1) is 17.6 Å². The zero-order chi connectivity index (χ0) is 29.7. The van der Waals surface area contributed by atoms with E-state index in [0.717, 1.165) is 5.56 Å². The van der Waals surface area contributed by atoms with Crippen LogP contribution in [0.4, 0.5) is 0 Å². The zero-order valence-electron chi connectivity index (χ0n) is 23.5. The predicted molar refractivity (Wildman–Crippen MR) is 142 cm³/mol. The summed E-state index contributed by atoms with van der Waals surface area (Å²) >= 11 is 0. The lowest BCUT2D eigenvalue weighted by Gasteiger charge is -2.51. The second-order valence-corrected chi connectivity index (χ2v) is 12.7. The molecule has 42 heavy (non-hydrogen) atoms. The summed E-state index contributed by atoms with van der Waals surface area (Å²) in [6, 6.07) is 13.6. The molecule has 1 aliphatic carbocycles. The number of hydrogen-bond donors (Lipinski definition) is 1. The maximum absolute atomic E-state index is 14.4. The second-order valence-electron chi connectivity index (χ2n) is 12.7. The van der Waals surface area contributed by atoms with Crippen LogP contribution >= 0.6 is 0 Å². The highest BCUT2D eigenvalue weighted by molar-refractivity contribution is 5.99. The van der Waals surface area contributed by atoms with Gasteiger partial charge in [-0.05, 0) is 41.7 Å². The number of hydrogen-bond acceptors (Lipinski definition) is 10. The lowest BCUT2D eigenvalue weighted by atomic mass is 9.52. The largest absolute Gasteiger partial charge is 0.461 e. The summed E-state index contributed by atoms with van der Waals surface area (Å²) in [6.45, 7) is 5.55. The minimum absolute atomic E-state index is 0.0767. The lowest BCUT2D eigenvalue weighted by Crippen LogP contribution is -2.66. The van der Waals surface area contributed by atoms with E-state index in [9.17, 15) is 24.3 Å². The van der Waals surface area contributed by atoms with Gasteiger partial charge in [-0.25, -0.2) is 4.79 Å². The fourth-order valence-electron chi connectivity index (χ4n) is 7.92. The quantitative estimate of drug-likeness (QED) is 0.416. The van der Waals surface area contributed by atoms with Gasteiger partial charge in [-0.1, -0.05) is 45.0 Å². The Hall–Kier alpha value is -4.12. The van der Waals surface area contributed by atoms with Crippen LogP contribution in [0.3, 0.4) is 0 Å². The number of likely N-dealkylation sites (tertiary alicyclic amines) is 1. The van der Waals surface area contributed by atoms with Gasteiger partial charge >= 0.3 is 17.9 Å². The lowest BCUT2D eigenvalue weighted by molar-refractivity contribution is -0.211. The summed E-state index contributed by atoms with van der Waals surface area (Å²) in [4.78, 5) is 55.9. The molecule has 2 aromatic rings. The van der Waals surface area contributed by atoms with Crippen molar-refractivity contribution in [3.8, 4) is 11.5 Å². The number of benzene rings is 2. The maximum atomic E-state index is 14.4. The molecular weight excluding hydrogens is 546 g/mol. The summed E-state index contributed by atoms with van der Waals surface area (Å²) in [5.74, 6) is -1.58. The van der Waals surface area contributed by atoms with E-state index in [1.54, 1.807) is 57.2 Å². The molecule has 3 saturated heterocycles. The van der Waals surface area contributed by atoms with Gasteiger partial charge < -0.3 is 33.7 Å². The van der Waals surface area contributed by atoms with Gasteiger partial charge in [0.1, 0.15) is 16.9 Å². The highest BCUT2D eigenvalue weighted by atomic mass is 16.7. The number of esters is 3. The number of fused-ring (bicyclic) bond motifs is 1. The molecule has 0 unspecified atom stereocenters. The van der Waals surface area contributed by atoms with Gasteiger partial charge in [0.15, 0.2) is 23.8 Å². The van der Waals surface area contributed by atoms with Crippen molar-refractivity contribution in [2.45, 2.75) is 64.1 Å². The molecule has 4 heterocycles. The van der Waals surface area contributed by atoms with Crippen LogP contribution in [0.15, 0.2) is 48.5 Å². The van der Waals surface area contributed by atoms with Crippen LogP contribution in [0, 0.1) is 16.2 Å². The number of amides is 1. The molecule has 1 amide bonds. The first-order valence-corrected chi connectivity index (χ1v) is 14.0. The Morgan fingerprint density at radius 2 is 1.79 bits per heavy atom. The van der Waals surface area contributed by atoms with E-state index in [4.69, 9.17) is 23.7 Å². The van der Waals surface area contributed by atoms with Crippen molar-refractivity contribution < 1.29 is 48.0 Å². The van der Waals surface area contributed by atoms with Crippen molar-refractivity contribution in [3.63, 3.8) is 0 Å². The molecule has 4 aliphatic heterocycles. The van der Waals surface area contributed by atoms with Gasteiger partial charge in [-0.2, -0.15) is 0 Å². The molecule has 11 nitrogen and oxygen atoms in total. The molecule has 4 fully saturated rings. The summed E-state index contributed by atoms with van der Waals surface area (Å²) in [5, 5.41) is 12.7. The van der Waals surface area contributed by atoms with Crippen molar-refractivity contribution >= 4 is 23.8 Å². The molecule has 0 radical (unpaired) electrons. The normalized spacial score (nSPS) is 34.1. The van der Waals surface area contributed by atoms with Gasteiger partial charge in [0.2, 0.25) is 6.79 Å². The van der Waals surface area contributed by atoms with Crippen molar-refractivity contribution in [2.75, 3.05) is 13.3 Å². The fraction of sp³-hybridized carbons (Fsp3) is 0.484. The van der Waals surface area contributed by atoms with Crippen molar-refractivity contribution in [1.82, 2.24) is 4.90 Å². The van der Waals surface area contributed by atoms with Crippen molar-refractivity contribution in [3.05, 3.63) is 59.7 Å². The molecule has 0 bridgehead atoms. The Labute approximate surface area is 241 Å². The summed E-state index contributed by atoms with van der Waals surface area (Å²) in [5.41, 5.74) is -5.27. The SMILES string of the molecule is CC(C)(C)[C@]1(O)C[C@@H]2OC(=O)C[C@@]23C(=O)O[C@@H]2N(CCc4ccc5c(c4)OCO5)C(=O)[C@H](OC(=O)c4ccccc4)[C@]213. The third kappa shape index (κ3) is 3.20. The highest BCUT2D eigenvalue weighted by Crippen LogP contribution is 2.76. The minimum Gasteiger partial charge on any atom is -0.461 e. The third-order valence-corrected chi connectivity index (χ3v) is 9.88. The van der Waals surface area contributed by atoms with Crippen molar-refractivity contribution in [1.29, 1.82) is 0 Å². The van der Waals surface area contributed by atoms with E-state index in [2.05, 4.69) is 0 Å². The molecule has 1 N–H and O–H groups in total. The van der Waals surface area contributed by atoms with E-state index in [1.807, 2.05) is 12.1 Å². The molecule has 220 valence electrons. The third-order valence-electron chi connectivity index (χ3n) is 9.88. The number of carbonyl (C=O) groups is 4. The maximum Gasteiger partial charge on any atom is 0.338 e. The molecular formula is C31H31NO10. The van der Waals surface area contributed by atoms with Crippen LogP contribution < -0.4 is 9.47 Å². The average Bonchev–Trinajstić information content (AvgIpc) is 3.70. The van der Waals surface area contributed by atoms with Crippen LogP contribution in [0.25, 0.3) is 0 Å². The Kier molecular flexibility index (Phi) is 5.54. The molecule has 1 saturated carbocycles. The van der Waals surface area contributed by atoms with Gasteiger partial charge in [-0.3, -0.25) is 14.4 Å². The minimum atomic E-state index is -1.82. The number of carbonyl (C=O) groups excluding carboxylic acids is 4. The average molecular weight is 578 g/mol. The van der Waals surface area contributed by atoms with Gasteiger partial charge in [0, 0.05) is 13.0 Å². The number of aliphatic hydroxyl groups is 1. The second kappa shape index (κ2) is 8.70. The number of ether oxygens (including phenoxy) is 5. The predicted octanol–water partition coefficient (Wildman–Crippen LogP) is 2.38. The van der Waals surface area contributed by atoms with E-state index < -0.39 is 70.5 Å². The highest BCUT2D eigenvalue weighted by Gasteiger charge is 2.93. The summed E-state index contributed by atoms with van der Waals surface area (Å²) in [7, 11) is 0. The fourth-order valence-corrected chi connectivity index (χ4v) is 7.92. The van der Waals surface area contributed by atoms with Gasteiger partial charge in [-0.15, -0.1) is 0 Å². The van der Waals surface area contributed by atoms with E-state index in [0.29, 0.717) is 17.9 Å². The Morgan fingerprint density at radius 1 is 1.05 bits per heavy atom. The molecule has 5 aliphatic rings.